The van der Waals surface area contributed by atoms with Crippen LogP contribution < -0.4 is 0 Å². The van der Waals surface area contributed by atoms with Crippen molar-refractivity contribution in [1.29, 1.82) is 0 Å². The van der Waals surface area contributed by atoms with Gasteiger partial charge in [0.05, 0.1) is 0 Å². The summed E-state index contributed by atoms with van der Waals surface area (Å²) >= 11 is 0. The first-order chi connectivity index (χ1) is 7.61. The van der Waals surface area contributed by atoms with Gasteiger partial charge in [-0.2, -0.15) is 0 Å². The first kappa shape index (κ1) is 13.0. The second kappa shape index (κ2) is 6.52. The zero-order valence-electron chi connectivity index (χ0n) is 11.0. The van der Waals surface area contributed by atoms with Crippen LogP contribution in [-0.2, 0) is 0 Å². The van der Waals surface area contributed by atoms with E-state index in [-0.39, 0.29) is 0 Å². The average molecular weight is 216 g/mol. The molecule has 0 bridgehead atoms. The van der Waals surface area contributed by atoms with Crippen LogP contribution in [0.3, 0.4) is 0 Å². The second-order valence-corrected chi connectivity index (χ2v) is 5.03. The van der Waals surface area contributed by atoms with Gasteiger partial charge in [0.15, 0.2) is 0 Å². The van der Waals surface area contributed by atoms with Gasteiger partial charge < -0.3 is 0 Å². The minimum atomic E-state index is 0.716. The van der Waals surface area contributed by atoms with Crippen molar-refractivity contribution in [2.75, 3.05) is 0 Å². The Balaban J connectivity index is 0.000000160. The van der Waals surface area contributed by atoms with Crippen LogP contribution in [0, 0.1) is 11.8 Å². The monoisotopic (exact) mass is 216 g/mol. The van der Waals surface area contributed by atoms with Crippen molar-refractivity contribution in [2.45, 2.75) is 40.5 Å². The van der Waals surface area contributed by atoms with Crippen LogP contribution >= 0.6 is 0 Å². The van der Waals surface area contributed by atoms with E-state index in [1.807, 2.05) is 0 Å². The van der Waals surface area contributed by atoms with E-state index in [4.69, 9.17) is 0 Å². The van der Waals surface area contributed by atoms with E-state index in [0.717, 1.165) is 12.3 Å². The van der Waals surface area contributed by atoms with Crippen LogP contribution in [0.15, 0.2) is 47.6 Å². The Morgan fingerprint density at radius 2 is 1.75 bits per heavy atom. The van der Waals surface area contributed by atoms with Crippen molar-refractivity contribution in [3.05, 3.63) is 47.6 Å². The Morgan fingerprint density at radius 1 is 1.00 bits per heavy atom. The number of rotatable bonds is 2. The minimum absolute atomic E-state index is 0.716. The van der Waals surface area contributed by atoms with E-state index in [9.17, 15) is 0 Å². The standard InChI is InChI=1S/2C8H12/c2*1-7(2)8-5-3-4-6-8/h3,5-7H,4H2,1-2H3;3-5,7H,6H2,1-2H3. The van der Waals surface area contributed by atoms with Gasteiger partial charge in [-0.15, -0.1) is 0 Å². The largest absolute Gasteiger partial charge is 0.0805 e. The van der Waals surface area contributed by atoms with Gasteiger partial charge in [0.2, 0.25) is 0 Å². The van der Waals surface area contributed by atoms with E-state index >= 15 is 0 Å². The molecular weight excluding hydrogens is 192 g/mol. The topological polar surface area (TPSA) is 0 Å². The molecule has 2 rings (SSSR count). The lowest BCUT2D eigenvalue weighted by Gasteiger charge is -2.02. The first-order valence-corrected chi connectivity index (χ1v) is 6.33. The van der Waals surface area contributed by atoms with Gasteiger partial charge >= 0.3 is 0 Å². The first-order valence-electron chi connectivity index (χ1n) is 6.33. The highest BCUT2D eigenvalue weighted by Crippen LogP contribution is 2.18. The Hall–Kier alpha value is -1.04. The molecule has 0 saturated heterocycles. The second-order valence-electron chi connectivity index (χ2n) is 5.03. The third-order valence-corrected chi connectivity index (χ3v) is 3.01. The van der Waals surface area contributed by atoms with E-state index in [1.54, 1.807) is 5.57 Å². The number of allylic oxidation sites excluding steroid dienone is 8. The van der Waals surface area contributed by atoms with Crippen molar-refractivity contribution < 1.29 is 0 Å². The molecule has 0 aromatic carbocycles. The summed E-state index contributed by atoms with van der Waals surface area (Å²) in [5, 5.41) is 0. The minimum Gasteiger partial charge on any atom is -0.0805 e. The van der Waals surface area contributed by atoms with Crippen molar-refractivity contribution in [3.63, 3.8) is 0 Å². The molecule has 0 unspecified atom stereocenters. The molecule has 0 fully saturated rings. The van der Waals surface area contributed by atoms with Crippen molar-refractivity contribution in [2.24, 2.45) is 11.8 Å². The Kier molecular flexibility index (Phi) is 5.31. The molecule has 16 heavy (non-hydrogen) atoms. The van der Waals surface area contributed by atoms with Gasteiger partial charge in [-0.05, 0) is 30.3 Å². The lowest BCUT2D eigenvalue weighted by atomic mass is 10.0. The molecule has 0 aromatic heterocycles. The van der Waals surface area contributed by atoms with E-state index < -0.39 is 0 Å². The normalized spacial score (nSPS) is 17.6. The molecule has 0 heterocycles. The molecular formula is C16H24. The van der Waals surface area contributed by atoms with Crippen molar-refractivity contribution >= 4 is 0 Å². The Labute approximate surface area is 100 Å². The maximum absolute atomic E-state index is 2.28. The predicted octanol–water partition coefficient (Wildman–Crippen LogP) is 5.06. The molecule has 2 aliphatic rings. The third kappa shape index (κ3) is 4.22. The van der Waals surface area contributed by atoms with Crippen LogP contribution in [-0.4, -0.2) is 0 Å². The smallest absolute Gasteiger partial charge is 0.0130 e. The fourth-order valence-electron chi connectivity index (χ4n) is 1.80. The van der Waals surface area contributed by atoms with Gasteiger partial charge in [0.25, 0.3) is 0 Å². The molecule has 0 nitrogen and oxygen atoms in total. The summed E-state index contributed by atoms with van der Waals surface area (Å²) in [7, 11) is 0. The molecule has 0 N–H and O–H groups in total. The summed E-state index contributed by atoms with van der Waals surface area (Å²) in [6.07, 6.45) is 15.6. The van der Waals surface area contributed by atoms with Gasteiger partial charge in [-0.25, -0.2) is 0 Å². The zero-order valence-corrected chi connectivity index (χ0v) is 11.0. The van der Waals surface area contributed by atoms with Crippen LogP contribution in [0.4, 0.5) is 0 Å². The summed E-state index contributed by atoms with van der Waals surface area (Å²) < 4.78 is 0. The molecule has 0 spiro atoms. The fourth-order valence-corrected chi connectivity index (χ4v) is 1.80. The highest BCUT2D eigenvalue weighted by atomic mass is 14.1. The quantitative estimate of drug-likeness (QED) is 0.605. The van der Waals surface area contributed by atoms with Crippen molar-refractivity contribution in [1.82, 2.24) is 0 Å². The number of hydrogen-bond acceptors (Lipinski definition) is 0. The molecule has 0 amide bonds. The van der Waals surface area contributed by atoms with Crippen LogP contribution in [0.1, 0.15) is 40.5 Å². The highest BCUT2D eigenvalue weighted by molar-refractivity contribution is 5.27. The van der Waals surface area contributed by atoms with Crippen LogP contribution in [0.25, 0.3) is 0 Å². The lowest BCUT2D eigenvalue weighted by Crippen LogP contribution is -1.88. The average Bonchev–Trinajstić information content (AvgIpc) is 2.93. The van der Waals surface area contributed by atoms with Gasteiger partial charge in [-0.3, -0.25) is 0 Å². The summed E-state index contributed by atoms with van der Waals surface area (Å²) in [4.78, 5) is 0. The van der Waals surface area contributed by atoms with Gasteiger partial charge in [-0.1, -0.05) is 69.7 Å². The summed E-state index contributed by atoms with van der Waals surface area (Å²) in [5.74, 6) is 1.46. The summed E-state index contributed by atoms with van der Waals surface area (Å²) in [6.45, 7) is 8.92. The summed E-state index contributed by atoms with van der Waals surface area (Å²) in [5.41, 5.74) is 3.05. The molecule has 0 atom stereocenters. The van der Waals surface area contributed by atoms with Crippen LogP contribution in [0.2, 0.25) is 0 Å². The zero-order chi connectivity index (χ0) is 12.0. The molecule has 0 radical (unpaired) electrons. The number of hydrogen-bond donors (Lipinski definition) is 0. The SMILES string of the molecule is CC(C)C1=CC=CC1.CC(C)C1=CCC=C1. The maximum atomic E-state index is 2.28. The summed E-state index contributed by atoms with van der Waals surface area (Å²) in [6, 6.07) is 0. The molecule has 0 aromatic rings. The van der Waals surface area contributed by atoms with Crippen LogP contribution in [0.5, 0.6) is 0 Å². The van der Waals surface area contributed by atoms with E-state index in [1.165, 1.54) is 12.0 Å². The maximum Gasteiger partial charge on any atom is -0.0130 e. The molecule has 88 valence electrons. The predicted molar refractivity (Wildman–Crippen MR) is 73.4 cm³/mol. The fraction of sp³-hybridized carbons (Fsp3) is 0.500. The van der Waals surface area contributed by atoms with Crippen molar-refractivity contribution in [3.8, 4) is 0 Å². The highest BCUT2D eigenvalue weighted by Gasteiger charge is 2.02. The molecule has 0 aliphatic heterocycles. The van der Waals surface area contributed by atoms with E-state index in [0.29, 0.717) is 5.92 Å². The lowest BCUT2D eigenvalue weighted by molar-refractivity contribution is 0.753. The molecule has 0 heteroatoms. The third-order valence-electron chi connectivity index (χ3n) is 3.01. The van der Waals surface area contributed by atoms with Gasteiger partial charge in [0, 0.05) is 0 Å². The molecule has 2 aliphatic carbocycles. The van der Waals surface area contributed by atoms with Gasteiger partial charge in [0.1, 0.15) is 0 Å². The Morgan fingerprint density at radius 3 is 2.00 bits per heavy atom. The molecule has 0 saturated carbocycles. The van der Waals surface area contributed by atoms with E-state index in [2.05, 4.69) is 64.2 Å². The Bertz CT molecular complexity index is 322.